The lowest BCUT2D eigenvalue weighted by Crippen LogP contribution is -2.09. The van der Waals surface area contributed by atoms with Crippen LogP contribution in [0.1, 0.15) is 74.4 Å². The van der Waals surface area contributed by atoms with Crippen molar-refractivity contribution in [1.82, 2.24) is 0 Å². The van der Waals surface area contributed by atoms with E-state index in [1.54, 1.807) is 0 Å². The molecule has 0 heterocycles. The monoisotopic (exact) mass is 244 g/mol. The third-order valence-electron chi connectivity index (χ3n) is 4.08. The number of rotatable bonds is 4. The second kappa shape index (κ2) is 4.87. The molecule has 0 amide bonds. The molecular formula is C17H24O. The molecule has 1 fully saturated rings. The first-order valence-corrected chi connectivity index (χ1v) is 7.09. The maximum atomic E-state index is 12.4. The number of benzene rings is 1. The first-order valence-electron chi connectivity index (χ1n) is 7.09. The summed E-state index contributed by atoms with van der Waals surface area (Å²) in [5, 5.41) is 0. The summed E-state index contributed by atoms with van der Waals surface area (Å²) in [5.74, 6) is 2.17. The second-order valence-corrected chi connectivity index (χ2v) is 6.34. The zero-order valence-electron chi connectivity index (χ0n) is 12.2. The van der Waals surface area contributed by atoms with Crippen LogP contribution in [0.3, 0.4) is 0 Å². The van der Waals surface area contributed by atoms with Gasteiger partial charge in [0.05, 0.1) is 0 Å². The Morgan fingerprint density at radius 1 is 1.17 bits per heavy atom. The van der Waals surface area contributed by atoms with Gasteiger partial charge in [-0.05, 0) is 35.3 Å². The molecule has 2 atom stereocenters. The highest BCUT2D eigenvalue weighted by atomic mass is 16.1. The molecule has 0 saturated heterocycles. The Labute approximate surface area is 111 Å². The Bertz CT molecular complexity index is 457. The molecule has 1 aromatic rings. The van der Waals surface area contributed by atoms with Crippen molar-refractivity contribution in [2.45, 2.75) is 52.9 Å². The molecule has 98 valence electrons. The quantitative estimate of drug-likeness (QED) is 0.697. The number of hydrogen-bond acceptors (Lipinski definition) is 1. The molecule has 0 spiro atoms. The van der Waals surface area contributed by atoms with Crippen LogP contribution in [0.4, 0.5) is 0 Å². The highest BCUT2D eigenvalue weighted by Gasteiger charge is 2.40. The lowest BCUT2D eigenvalue weighted by Gasteiger charge is -2.15. The van der Waals surface area contributed by atoms with Gasteiger partial charge in [0.25, 0.3) is 0 Å². The Balaban J connectivity index is 2.37. The molecule has 18 heavy (non-hydrogen) atoms. The number of Topliss-reactive ketones (excluding diaryl/α,β-unsaturated/α-hetero) is 1. The maximum absolute atomic E-state index is 12.4. The van der Waals surface area contributed by atoms with Gasteiger partial charge in [0, 0.05) is 11.5 Å². The molecule has 2 unspecified atom stereocenters. The number of carbonyl (C=O) groups excluding carboxylic acids is 1. The molecular weight excluding hydrogens is 220 g/mol. The van der Waals surface area contributed by atoms with E-state index < -0.39 is 0 Å². The Kier molecular flexibility index (Phi) is 3.61. The van der Waals surface area contributed by atoms with Crippen molar-refractivity contribution in [1.29, 1.82) is 0 Å². The van der Waals surface area contributed by atoms with Crippen molar-refractivity contribution in [3.63, 3.8) is 0 Å². The van der Waals surface area contributed by atoms with E-state index in [1.807, 2.05) is 0 Å². The molecule has 0 aromatic heterocycles. The normalized spacial score (nSPS) is 22.6. The smallest absolute Gasteiger partial charge is 0.166 e. The standard InChI is InChI=1S/C17H24O/c1-10(2)13-6-7-14(15(9-13)11(3)4)17(18)16-8-12(16)5/h6-7,9-12,16H,8H2,1-5H3. The number of hydrogen-bond donors (Lipinski definition) is 0. The number of ketones is 1. The molecule has 1 aliphatic rings. The predicted octanol–water partition coefficient (Wildman–Crippen LogP) is 4.77. The lowest BCUT2D eigenvalue weighted by molar-refractivity contribution is 0.0961. The summed E-state index contributed by atoms with van der Waals surface area (Å²) in [6, 6.07) is 6.41. The van der Waals surface area contributed by atoms with Crippen LogP contribution in [0.5, 0.6) is 0 Å². The second-order valence-electron chi connectivity index (χ2n) is 6.34. The minimum atomic E-state index is 0.285. The van der Waals surface area contributed by atoms with Crippen LogP contribution < -0.4 is 0 Å². The molecule has 1 heteroatoms. The van der Waals surface area contributed by atoms with Gasteiger partial charge in [-0.15, -0.1) is 0 Å². The van der Waals surface area contributed by atoms with E-state index >= 15 is 0 Å². The summed E-state index contributed by atoms with van der Waals surface area (Å²) in [4.78, 5) is 12.4. The Morgan fingerprint density at radius 2 is 1.78 bits per heavy atom. The van der Waals surface area contributed by atoms with Crippen LogP contribution in [0.15, 0.2) is 18.2 Å². The van der Waals surface area contributed by atoms with Gasteiger partial charge in [0.2, 0.25) is 0 Å². The van der Waals surface area contributed by atoms with Crippen LogP contribution in [0, 0.1) is 11.8 Å². The van der Waals surface area contributed by atoms with Gasteiger partial charge in [0.1, 0.15) is 0 Å². The molecule has 0 N–H and O–H groups in total. The van der Waals surface area contributed by atoms with Crippen molar-refractivity contribution in [2.24, 2.45) is 11.8 Å². The van der Waals surface area contributed by atoms with E-state index in [1.165, 1.54) is 11.1 Å². The third kappa shape index (κ3) is 2.50. The largest absolute Gasteiger partial charge is 0.294 e. The average Bonchev–Trinajstić information content (AvgIpc) is 3.04. The molecule has 0 bridgehead atoms. The molecule has 1 aliphatic carbocycles. The zero-order chi connectivity index (χ0) is 13.4. The van der Waals surface area contributed by atoms with Crippen molar-refractivity contribution in [2.75, 3.05) is 0 Å². The van der Waals surface area contributed by atoms with E-state index in [0.29, 0.717) is 23.5 Å². The molecule has 1 aromatic carbocycles. The van der Waals surface area contributed by atoms with Crippen LogP contribution in [-0.4, -0.2) is 5.78 Å². The first-order chi connectivity index (χ1) is 8.41. The topological polar surface area (TPSA) is 17.1 Å². The molecule has 2 rings (SSSR count). The van der Waals surface area contributed by atoms with Crippen LogP contribution in [0.2, 0.25) is 0 Å². The molecule has 0 aliphatic heterocycles. The van der Waals surface area contributed by atoms with Crippen LogP contribution >= 0.6 is 0 Å². The van der Waals surface area contributed by atoms with Gasteiger partial charge < -0.3 is 0 Å². The van der Waals surface area contributed by atoms with Crippen LogP contribution in [0.25, 0.3) is 0 Å². The number of carbonyl (C=O) groups is 1. The summed E-state index contributed by atoms with van der Waals surface area (Å²) in [6.07, 6.45) is 1.07. The van der Waals surface area contributed by atoms with E-state index in [4.69, 9.17) is 0 Å². The van der Waals surface area contributed by atoms with Crippen molar-refractivity contribution in [3.05, 3.63) is 34.9 Å². The summed E-state index contributed by atoms with van der Waals surface area (Å²) in [7, 11) is 0. The lowest BCUT2D eigenvalue weighted by atomic mass is 9.89. The summed E-state index contributed by atoms with van der Waals surface area (Å²) in [5.41, 5.74) is 3.52. The van der Waals surface area contributed by atoms with Gasteiger partial charge in [-0.2, -0.15) is 0 Å². The fourth-order valence-electron chi connectivity index (χ4n) is 2.53. The molecule has 1 nitrogen and oxygen atoms in total. The Morgan fingerprint density at radius 3 is 2.22 bits per heavy atom. The van der Waals surface area contributed by atoms with Gasteiger partial charge in [0.15, 0.2) is 5.78 Å². The zero-order valence-corrected chi connectivity index (χ0v) is 12.2. The summed E-state index contributed by atoms with van der Waals surface area (Å²) in [6.45, 7) is 10.9. The van der Waals surface area contributed by atoms with Crippen molar-refractivity contribution < 1.29 is 4.79 Å². The van der Waals surface area contributed by atoms with Gasteiger partial charge in [-0.25, -0.2) is 0 Å². The fourth-order valence-corrected chi connectivity index (χ4v) is 2.53. The fraction of sp³-hybridized carbons (Fsp3) is 0.588. The highest BCUT2D eigenvalue weighted by molar-refractivity contribution is 6.01. The van der Waals surface area contributed by atoms with Gasteiger partial charge in [-0.3, -0.25) is 4.79 Å². The maximum Gasteiger partial charge on any atom is 0.166 e. The van der Waals surface area contributed by atoms with Gasteiger partial charge in [-0.1, -0.05) is 52.8 Å². The molecule has 0 radical (unpaired) electrons. The summed E-state index contributed by atoms with van der Waals surface area (Å²) < 4.78 is 0. The van der Waals surface area contributed by atoms with Gasteiger partial charge >= 0.3 is 0 Å². The third-order valence-corrected chi connectivity index (χ3v) is 4.08. The Hall–Kier alpha value is -1.11. The highest BCUT2D eigenvalue weighted by Crippen LogP contribution is 2.41. The van der Waals surface area contributed by atoms with E-state index in [2.05, 4.69) is 52.8 Å². The van der Waals surface area contributed by atoms with Crippen LogP contribution in [-0.2, 0) is 0 Å². The van der Waals surface area contributed by atoms with Crippen molar-refractivity contribution >= 4 is 5.78 Å². The molecule has 1 saturated carbocycles. The van der Waals surface area contributed by atoms with E-state index in [9.17, 15) is 4.79 Å². The SMILES string of the molecule is CC(C)c1ccc(C(=O)C2CC2C)c(C(C)C)c1. The average molecular weight is 244 g/mol. The minimum absolute atomic E-state index is 0.285. The minimum Gasteiger partial charge on any atom is -0.294 e. The van der Waals surface area contributed by atoms with Crippen molar-refractivity contribution in [3.8, 4) is 0 Å². The van der Waals surface area contributed by atoms with E-state index in [-0.39, 0.29) is 5.92 Å². The van der Waals surface area contributed by atoms with E-state index in [0.717, 1.165) is 12.0 Å². The summed E-state index contributed by atoms with van der Waals surface area (Å²) >= 11 is 0. The first kappa shape index (κ1) is 13.3. The predicted molar refractivity (Wildman–Crippen MR) is 76.2 cm³/mol.